The van der Waals surface area contributed by atoms with E-state index in [1.807, 2.05) is 0 Å². The molecular weight excluding hydrogens is 769 g/mol. The molecule has 0 aromatic heterocycles. The van der Waals surface area contributed by atoms with Crippen LogP contribution in [0.3, 0.4) is 0 Å². The number of hydrogen-bond acceptors (Lipinski definition) is 2. The van der Waals surface area contributed by atoms with E-state index in [0.29, 0.717) is 0 Å². The van der Waals surface area contributed by atoms with Gasteiger partial charge in [-0.25, -0.2) is 0 Å². The number of nitrogens with zero attached hydrogens (tertiary/aromatic N) is 2. The predicted molar refractivity (Wildman–Crippen MR) is 271 cm³/mol. The summed E-state index contributed by atoms with van der Waals surface area (Å²) in [6, 6.07) is 68.0. The zero-order chi connectivity index (χ0) is 42.3. The molecule has 0 saturated carbocycles. The molecule has 1 aliphatic carbocycles. The molecule has 0 saturated heterocycles. The summed E-state index contributed by atoms with van der Waals surface area (Å²) in [4.78, 5) is 4.87. The van der Waals surface area contributed by atoms with Gasteiger partial charge in [0.15, 0.2) is 0 Å². The van der Waals surface area contributed by atoms with Gasteiger partial charge < -0.3 is 9.80 Å². The Labute approximate surface area is 363 Å². The Morgan fingerprint density at radius 1 is 0.361 bits per heavy atom. The van der Waals surface area contributed by atoms with E-state index in [1.54, 1.807) is 11.1 Å². The van der Waals surface area contributed by atoms with Crippen molar-refractivity contribution in [3.05, 3.63) is 204 Å². The summed E-state index contributed by atoms with van der Waals surface area (Å²) in [7, 11) is -4.18. The molecule has 0 aliphatic heterocycles. The standard InChI is InChI=1S/C57H54N2Si2/c1-39-21-15-19-29-52(39)58(42-23-11-9-12-24-42)44-32-35-46-41(37-44)31-34-50-54-48-28-18-17-27-47(48)51-38-45(59(43-25-13-10-14-26-43)53-30-20-16-22-40(53)2)33-36-49(51)56(54)57(55(46)50,60(3,4)5)61(6,7)8/h9-38H,1-8H3. The molecule has 0 fully saturated rings. The molecule has 300 valence electrons. The maximum atomic E-state index is 2.65. The summed E-state index contributed by atoms with van der Waals surface area (Å²) in [5.41, 5.74) is 15.6. The first-order valence-electron chi connectivity index (χ1n) is 21.8. The minimum atomic E-state index is -2.09. The van der Waals surface area contributed by atoms with Crippen LogP contribution in [0, 0.1) is 13.8 Å². The van der Waals surface area contributed by atoms with Crippen molar-refractivity contribution in [3.8, 4) is 11.1 Å². The summed E-state index contributed by atoms with van der Waals surface area (Å²) < 4.78 is -0.0836. The number of anilines is 6. The first-order valence-corrected chi connectivity index (χ1v) is 28.8. The molecule has 0 spiro atoms. The molecule has 10 rings (SSSR count). The average Bonchev–Trinajstić information content (AvgIpc) is 3.60. The van der Waals surface area contributed by atoms with E-state index in [1.165, 1.54) is 77.3 Å². The average molecular weight is 823 g/mol. The van der Waals surface area contributed by atoms with E-state index in [-0.39, 0.29) is 4.66 Å². The van der Waals surface area contributed by atoms with Crippen molar-refractivity contribution in [2.24, 2.45) is 0 Å². The Hall–Kier alpha value is -6.21. The van der Waals surface area contributed by atoms with Crippen molar-refractivity contribution >= 4 is 82.6 Å². The van der Waals surface area contributed by atoms with Gasteiger partial charge in [-0.1, -0.05) is 161 Å². The van der Waals surface area contributed by atoms with Gasteiger partial charge >= 0.3 is 0 Å². The quantitative estimate of drug-likeness (QED) is 0.111. The molecule has 0 N–H and O–H groups in total. The normalized spacial score (nSPS) is 13.4. The lowest BCUT2D eigenvalue weighted by Crippen LogP contribution is -2.63. The third-order valence-corrected chi connectivity index (χ3v) is 23.5. The Kier molecular flexibility index (Phi) is 9.24. The molecule has 4 heteroatoms. The first kappa shape index (κ1) is 39.0. The predicted octanol–water partition coefficient (Wildman–Crippen LogP) is 16.7. The Balaban J connectivity index is 1.27. The first-order chi connectivity index (χ1) is 29.4. The highest BCUT2D eigenvalue weighted by molar-refractivity contribution is 7.00. The lowest BCUT2D eigenvalue weighted by Gasteiger charge is -2.52. The SMILES string of the molecule is Cc1ccccc1N(c1ccccc1)c1ccc2c3c(ccc2c1)-c1c(c2ccc(N(c4ccccc4)c4ccccc4C)cc2c2ccccc12)C3([Si](C)(C)C)[Si](C)(C)C. The minimum absolute atomic E-state index is 0.0836. The molecule has 0 heterocycles. The monoisotopic (exact) mass is 822 g/mol. The third-order valence-electron chi connectivity index (χ3n) is 13.5. The van der Waals surface area contributed by atoms with E-state index in [4.69, 9.17) is 0 Å². The Morgan fingerprint density at radius 2 is 0.836 bits per heavy atom. The molecule has 0 unspecified atom stereocenters. The van der Waals surface area contributed by atoms with Gasteiger partial charge in [-0.3, -0.25) is 0 Å². The van der Waals surface area contributed by atoms with Gasteiger partial charge in [0.25, 0.3) is 0 Å². The lowest BCUT2D eigenvalue weighted by atomic mass is 9.91. The molecule has 9 aromatic carbocycles. The van der Waals surface area contributed by atoms with Crippen LogP contribution in [-0.2, 0) is 4.66 Å². The highest BCUT2D eigenvalue weighted by Gasteiger charge is 2.60. The van der Waals surface area contributed by atoms with Crippen LogP contribution in [0.5, 0.6) is 0 Å². The summed E-state index contributed by atoms with van der Waals surface area (Å²) in [6.45, 7) is 20.3. The lowest BCUT2D eigenvalue weighted by molar-refractivity contribution is 0.973. The van der Waals surface area contributed by atoms with Gasteiger partial charge in [-0.2, -0.15) is 0 Å². The number of para-hydroxylation sites is 4. The number of fused-ring (bicyclic) bond motifs is 10. The fourth-order valence-corrected chi connectivity index (χ4v) is 24.5. The van der Waals surface area contributed by atoms with Crippen molar-refractivity contribution in [2.45, 2.75) is 57.8 Å². The zero-order valence-electron chi connectivity index (χ0n) is 36.7. The van der Waals surface area contributed by atoms with Gasteiger partial charge in [0.05, 0.1) is 16.1 Å². The fourth-order valence-electron chi connectivity index (χ4n) is 11.4. The molecule has 9 aromatic rings. The molecule has 2 nitrogen and oxygen atoms in total. The smallest absolute Gasteiger partial charge is 0.0579 e. The van der Waals surface area contributed by atoms with Crippen LogP contribution < -0.4 is 9.80 Å². The van der Waals surface area contributed by atoms with E-state index in [0.717, 1.165) is 11.4 Å². The largest absolute Gasteiger partial charge is 0.310 e. The zero-order valence-corrected chi connectivity index (χ0v) is 38.7. The highest BCUT2D eigenvalue weighted by atomic mass is 28.4. The van der Waals surface area contributed by atoms with E-state index in [9.17, 15) is 0 Å². The van der Waals surface area contributed by atoms with Gasteiger partial charge in [-0.05, 0) is 140 Å². The van der Waals surface area contributed by atoms with Crippen molar-refractivity contribution in [1.82, 2.24) is 0 Å². The summed E-state index contributed by atoms with van der Waals surface area (Å²) in [5.74, 6) is 0. The third kappa shape index (κ3) is 5.95. The number of aryl methyl sites for hydroxylation is 2. The summed E-state index contributed by atoms with van der Waals surface area (Å²) in [6.07, 6.45) is 0. The van der Waals surface area contributed by atoms with Crippen molar-refractivity contribution in [2.75, 3.05) is 9.80 Å². The number of hydrogen-bond donors (Lipinski definition) is 0. The van der Waals surface area contributed by atoms with Crippen LogP contribution in [0.15, 0.2) is 182 Å². The van der Waals surface area contributed by atoms with E-state index >= 15 is 0 Å². The van der Waals surface area contributed by atoms with Crippen LogP contribution in [-0.4, -0.2) is 16.1 Å². The van der Waals surface area contributed by atoms with Crippen molar-refractivity contribution in [3.63, 3.8) is 0 Å². The molecule has 0 atom stereocenters. The second-order valence-corrected chi connectivity index (χ2v) is 30.1. The minimum Gasteiger partial charge on any atom is -0.310 e. The van der Waals surface area contributed by atoms with Crippen molar-refractivity contribution in [1.29, 1.82) is 0 Å². The molecule has 0 radical (unpaired) electrons. The van der Waals surface area contributed by atoms with E-state index in [2.05, 4.69) is 245 Å². The maximum absolute atomic E-state index is 2.65. The molecule has 1 aliphatic rings. The van der Waals surface area contributed by atoms with Crippen LogP contribution in [0.1, 0.15) is 22.3 Å². The van der Waals surface area contributed by atoms with Crippen molar-refractivity contribution < 1.29 is 0 Å². The Morgan fingerprint density at radius 3 is 1.38 bits per heavy atom. The molecule has 0 bridgehead atoms. The Bertz CT molecular complexity index is 3130. The van der Waals surface area contributed by atoms with Crippen LogP contribution in [0.2, 0.25) is 39.3 Å². The van der Waals surface area contributed by atoms with Crippen LogP contribution >= 0.6 is 0 Å². The van der Waals surface area contributed by atoms with Gasteiger partial charge in [-0.15, -0.1) is 0 Å². The van der Waals surface area contributed by atoms with Crippen LogP contribution in [0.25, 0.3) is 43.4 Å². The molecular formula is C57H54N2Si2. The second-order valence-electron chi connectivity index (χ2n) is 19.1. The van der Waals surface area contributed by atoms with Gasteiger partial charge in [0, 0.05) is 38.8 Å². The molecule has 61 heavy (non-hydrogen) atoms. The number of benzene rings is 9. The van der Waals surface area contributed by atoms with E-state index < -0.39 is 16.1 Å². The summed E-state index contributed by atoms with van der Waals surface area (Å²) >= 11 is 0. The summed E-state index contributed by atoms with van der Waals surface area (Å²) in [5, 5.41) is 8.09. The fraction of sp³-hybridized carbons (Fsp3) is 0.158. The highest BCUT2D eigenvalue weighted by Crippen LogP contribution is 2.63. The topological polar surface area (TPSA) is 6.48 Å². The van der Waals surface area contributed by atoms with Crippen LogP contribution in [0.4, 0.5) is 34.1 Å². The number of rotatable bonds is 8. The molecule has 0 amide bonds. The van der Waals surface area contributed by atoms with Gasteiger partial charge in [0.1, 0.15) is 0 Å². The van der Waals surface area contributed by atoms with Gasteiger partial charge in [0.2, 0.25) is 0 Å². The second kappa shape index (κ2) is 14.5. The maximum Gasteiger partial charge on any atom is 0.0579 e.